The van der Waals surface area contributed by atoms with Gasteiger partial charge in [0.2, 0.25) is 10.0 Å². The van der Waals surface area contributed by atoms with Gasteiger partial charge in [0.25, 0.3) is 0 Å². The van der Waals surface area contributed by atoms with Crippen LogP contribution in [0.25, 0.3) is 0 Å². The van der Waals surface area contributed by atoms with Crippen LogP contribution in [-0.4, -0.2) is 75.7 Å². The van der Waals surface area contributed by atoms with Crippen LogP contribution in [0.2, 0.25) is 0 Å². The molecule has 0 amide bonds. The summed E-state index contributed by atoms with van der Waals surface area (Å²) in [6, 6.07) is 0. The lowest BCUT2D eigenvalue weighted by atomic mass is 10.0. The number of nitrogens with zero attached hydrogens (tertiary/aromatic N) is 3. The molecule has 0 saturated carbocycles. The first-order chi connectivity index (χ1) is 7.36. The molecule has 0 aromatic carbocycles. The predicted molar refractivity (Wildman–Crippen MR) is 63.5 cm³/mol. The average Bonchev–Trinajstić information content (AvgIpc) is 2.57. The third-order valence-electron chi connectivity index (χ3n) is 3.48. The summed E-state index contributed by atoms with van der Waals surface area (Å²) in [7, 11) is 1.15. The number of sulfonamides is 1. The highest BCUT2D eigenvalue weighted by Gasteiger charge is 2.42. The van der Waals surface area contributed by atoms with E-state index < -0.39 is 10.0 Å². The Hall–Kier alpha value is -0.170. The summed E-state index contributed by atoms with van der Waals surface area (Å²) in [4.78, 5) is 4.57. The molecule has 0 bridgehead atoms. The summed E-state index contributed by atoms with van der Waals surface area (Å²) in [6.45, 7) is 4.48. The standard InChI is InChI=1S/C10H21N3O2S/c1-11(2)8-12-4-9-6-13(16(3,14)15)7-10(9)5-12/h9-10H,4-8H2,1-3H3. The van der Waals surface area contributed by atoms with Gasteiger partial charge in [-0.15, -0.1) is 0 Å². The molecular weight excluding hydrogens is 226 g/mol. The maximum absolute atomic E-state index is 11.4. The summed E-state index contributed by atoms with van der Waals surface area (Å²) < 4.78 is 24.5. The number of likely N-dealkylation sites (tertiary alicyclic amines) is 1. The molecule has 0 spiro atoms. The van der Waals surface area contributed by atoms with Crippen LogP contribution in [0.5, 0.6) is 0 Å². The first-order valence-corrected chi connectivity index (χ1v) is 7.53. The lowest BCUT2D eigenvalue weighted by Gasteiger charge is -2.23. The number of hydrogen-bond donors (Lipinski definition) is 0. The van der Waals surface area contributed by atoms with Crippen molar-refractivity contribution in [2.75, 3.05) is 53.2 Å². The van der Waals surface area contributed by atoms with Crippen LogP contribution in [0, 0.1) is 11.8 Å². The van der Waals surface area contributed by atoms with E-state index in [1.54, 1.807) is 4.31 Å². The van der Waals surface area contributed by atoms with Crippen LogP contribution in [0.3, 0.4) is 0 Å². The molecular formula is C10H21N3O2S. The summed E-state index contributed by atoms with van der Waals surface area (Å²) in [5.74, 6) is 1.07. The first-order valence-electron chi connectivity index (χ1n) is 5.68. The Morgan fingerprint density at radius 1 is 1.12 bits per heavy atom. The molecule has 0 aromatic rings. The fraction of sp³-hybridized carbons (Fsp3) is 1.00. The molecule has 2 fully saturated rings. The lowest BCUT2D eigenvalue weighted by Crippen LogP contribution is -2.36. The topological polar surface area (TPSA) is 43.9 Å². The fourth-order valence-corrected chi connectivity index (χ4v) is 3.76. The van der Waals surface area contributed by atoms with Crippen molar-refractivity contribution in [2.24, 2.45) is 11.8 Å². The molecule has 2 heterocycles. The molecule has 6 heteroatoms. The van der Waals surface area contributed by atoms with E-state index >= 15 is 0 Å². The maximum atomic E-state index is 11.4. The van der Waals surface area contributed by atoms with Crippen molar-refractivity contribution in [2.45, 2.75) is 0 Å². The Morgan fingerprint density at radius 2 is 1.62 bits per heavy atom. The average molecular weight is 247 g/mol. The molecule has 2 saturated heterocycles. The largest absolute Gasteiger partial charge is 0.297 e. The molecule has 2 unspecified atom stereocenters. The normalized spacial score (nSPS) is 32.5. The van der Waals surface area contributed by atoms with E-state index in [1.165, 1.54) is 6.26 Å². The quantitative estimate of drug-likeness (QED) is 0.663. The van der Waals surface area contributed by atoms with Crippen LogP contribution in [0.1, 0.15) is 0 Å². The minimum Gasteiger partial charge on any atom is -0.297 e. The summed E-state index contributed by atoms with van der Waals surface area (Å²) >= 11 is 0. The van der Waals surface area contributed by atoms with Crippen LogP contribution in [-0.2, 0) is 10.0 Å². The number of hydrogen-bond acceptors (Lipinski definition) is 4. The Bertz CT molecular complexity index is 341. The van der Waals surface area contributed by atoms with Crippen LogP contribution in [0.4, 0.5) is 0 Å². The minimum atomic E-state index is -2.98. The smallest absolute Gasteiger partial charge is 0.211 e. The molecule has 2 aliphatic rings. The van der Waals surface area contributed by atoms with E-state index in [9.17, 15) is 8.42 Å². The van der Waals surface area contributed by atoms with Crippen molar-refractivity contribution in [3.63, 3.8) is 0 Å². The summed E-state index contributed by atoms with van der Waals surface area (Å²) in [5, 5.41) is 0. The molecule has 16 heavy (non-hydrogen) atoms. The van der Waals surface area contributed by atoms with Crippen molar-refractivity contribution < 1.29 is 8.42 Å². The SMILES string of the molecule is CN(C)CN1CC2CN(S(C)(=O)=O)CC2C1. The zero-order chi connectivity index (χ0) is 11.9. The van der Waals surface area contributed by atoms with Gasteiger partial charge in [-0.2, -0.15) is 0 Å². The molecule has 2 aliphatic heterocycles. The summed E-state index contributed by atoms with van der Waals surface area (Å²) in [5.41, 5.74) is 0. The molecule has 0 radical (unpaired) electrons. The maximum Gasteiger partial charge on any atom is 0.211 e. The van der Waals surface area contributed by atoms with Gasteiger partial charge in [0.1, 0.15) is 0 Å². The first kappa shape index (κ1) is 12.3. The third kappa shape index (κ3) is 2.56. The third-order valence-corrected chi connectivity index (χ3v) is 4.72. The molecule has 5 nitrogen and oxygen atoms in total. The second kappa shape index (κ2) is 4.25. The van der Waals surface area contributed by atoms with Crippen molar-refractivity contribution in [3.8, 4) is 0 Å². The summed E-state index contributed by atoms with van der Waals surface area (Å²) in [6.07, 6.45) is 1.31. The molecule has 0 aromatic heterocycles. The van der Waals surface area contributed by atoms with Gasteiger partial charge in [-0.3, -0.25) is 9.80 Å². The van der Waals surface area contributed by atoms with E-state index in [1.807, 2.05) is 0 Å². The number of fused-ring (bicyclic) bond motifs is 1. The highest BCUT2D eigenvalue weighted by Crippen LogP contribution is 2.31. The van der Waals surface area contributed by atoms with Gasteiger partial charge in [0.15, 0.2) is 0 Å². The van der Waals surface area contributed by atoms with E-state index in [2.05, 4.69) is 23.9 Å². The zero-order valence-electron chi connectivity index (χ0n) is 10.3. The van der Waals surface area contributed by atoms with Crippen molar-refractivity contribution >= 4 is 10.0 Å². The Labute approximate surface area is 98.1 Å². The predicted octanol–water partition coefficient (Wildman–Crippen LogP) is -0.671. The van der Waals surface area contributed by atoms with Gasteiger partial charge in [-0.05, 0) is 25.9 Å². The second-order valence-electron chi connectivity index (χ2n) is 5.36. The van der Waals surface area contributed by atoms with Gasteiger partial charge >= 0.3 is 0 Å². The van der Waals surface area contributed by atoms with Crippen molar-refractivity contribution in [1.29, 1.82) is 0 Å². The van der Waals surface area contributed by atoms with Crippen LogP contribution < -0.4 is 0 Å². The van der Waals surface area contributed by atoms with E-state index in [4.69, 9.17) is 0 Å². The Balaban J connectivity index is 1.91. The molecule has 0 aliphatic carbocycles. The molecule has 94 valence electrons. The lowest BCUT2D eigenvalue weighted by molar-refractivity contribution is 0.194. The van der Waals surface area contributed by atoms with Gasteiger partial charge in [0, 0.05) is 26.2 Å². The number of rotatable bonds is 3. The van der Waals surface area contributed by atoms with Gasteiger partial charge in [-0.1, -0.05) is 0 Å². The molecule has 0 N–H and O–H groups in total. The van der Waals surface area contributed by atoms with Crippen molar-refractivity contribution in [1.82, 2.24) is 14.1 Å². The van der Waals surface area contributed by atoms with Crippen molar-refractivity contribution in [3.05, 3.63) is 0 Å². The highest BCUT2D eigenvalue weighted by molar-refractivity contribution is 7.88. The fourth-order valence-electron chi connectivity index (χ4n) is 2.83. The van der Waals surface area contributed by atoms with E-state index in [-0.39, 0.29) is 0 Å². The zero-order valence-corrected chi connectivity index (χ0v) is 11.1. The van der Waals surface area contributed by atoms with Gasteiger partial charge < -0.3 is 0 Å². The molecule has 2 atom stereocenters. The van der Waals surface area contributed by atoms with Gasteiger partial charge in [-0.25, -0.2) is 12.7 Å². The monoisotopic (exact) mass is 247 g/mol. The van der Waals surface area contributed by atoms with Gasteiger partial charge in [0.05, 0.1) is 12.9 Å². The van der Waals surface area contributed by atoms with Crippen LogP contribution in [0.15, 0.2) is 0 Å². The Kier molecular flexibility index (Phi) is 3.27. The van der Waals surface area contributed by atoms with Crippen LogP contribution >= 0.6 is 0 Å². The minimum absolute atomic E-state index is 0.537. The second-order valence-corrected chi connectivity index (χ2v) is 7.34. The van der Waals surface area contributed by atoms with E-state index in [0.29, 0.717) is 24.9 Å². The molecule has 2 rings (SSSR count). The Morgan fingerprint density at radius 3 is 2.00 bits per heavy atom. The highest BCUT2D eigenvalue weighted by atomic mass is 32.2. The van der Waals surface area contributed by atoms with E-state index in [0.717, 1.165) is 19.8 Å².